The highest BCUT2D eigenvalue weighted by Crippen LogP contribution is 2.37. The second-order valence-electron chi connectivity index (χ2n) is 6.25. The predicted molar refractivity (Wildman–Crippen MR) is 79.6 cm³/mol. The van der Waals surface area contributed by atoms with Crippen LogP contribution in [0, 0.1) is 0 Å². The minimum Gasteiger partial charge on any atom is -0.543 e. The second kappa shape index (κ2) is 4.39. The first-order valence-corrected chi connectivity index (χ1v) is 9.23. The van der Waals surface area contributed by atoms with Crippen LogP contribution in [0.2, 0.25) is 18.1 Å². The zero-order valence-corrected chi connectivity index (χ0v) is 12.8. The van der Waals surface area contributed by atoms with Crippen LogP contribution in [0.4, 0.5) is 0 Å². The zero-order chi connectivity index (χ0) is 13.4. The van der Waals surface area contributed by atoms with Crippen molar-refractivity contribution in [3.8, 4) is 5.75 Å². The Morgan fingerprint density at radius 1 is 1.06 bits per heavy atom. The van der Waals surface area contributed by atoms with Crippen molar-refractivity contribution < 1.29 is 4.43 Å². The second-order valence-corrected chi connectivity index (χ2v) is 11.0. The van der Waals surface area contributed by atoms with Crippen molar-refractivity contribution in [3.63, 3.8) is 0 Å². The third-order valence-electron chi connectivity index (χ3n) is 3.79. The SMILES string of the molecule is CC(C)(C)[Si](C)(C)Oc1ccc2cnccc2c1. The van der Waals surface area contributed by atoms with E-state index in [0.29, 0.717) is 0 Å². The van der Waals surface area contributed by atoms with Crippen molar-refractivity contribution in [1.82, 2.24) is 4.98 Å². The van der Waals surface area contributed by atoms with Crippen molar-refractivity contribution in [2.45, 2.75) is 38.9 Å². The largest absolute Gasteiger partial charge is 0.543 e. The smallest absolute Gasteiger partial charge is 0.250 e. The maximum absolute atomic E-state index is 6.29. The summed E-state index contributed by atoms with van der Waals surface area (Å²) in [6.07, 6.45) is 3.70. The van der Waals surface area contributed by atoms with Gasteiger partial charge in [0, 0.05) is 17.8 Å². The molecule has 0 bridgehead atoms. The van der Waals surface area contributed by atoms with Crippen LogP contribution in [0.1, 0.15) is 20.8 Å². The lowest BCUT2D eigenvalue weighted by Crippen LogP contribution is -2.43. The Hall–Kier alpha value is -1.35. The summed E-state index contributed by atoms with van der Waals surface area (Å²) >= 11 is 0. The van der Waals surface area contributed by atoms with E-state index in [1.165, 1.54) is 5.39 Å². The molecule has 0 saturated carbocycles. The Morgan fingerprint density at radius 2 is 1.78 bits per heavy atom. The summed E-state index contributed by atoms with van der Waals surface area (Å²) in [5.74, 6) is 0.972. The molecule has 18 heavy (non-hydrogen) atoms. The van der Waals surface area contributed by atoms with Crippen LogP contribution in [0.25, 0.3) is 10.8 Å². The fraction of sp³-hybridized carbons (Fsp3) is 0.400. The maximum atomic E-state index is 6.29. The lowest BCUT2D eigenvalue weighted by molar-refractivity contribution is 0.493. The van der Waals surface area contributed by atoms with Crippen LogP contribution in [-0.2, 0) is 0 Å². The van der Waals surface area contributed by atoms with Gasteiger partial charge in [-0.3, -0.25) is 4.98 Å². The van der Waals surface area contributed by atoms with E-state index in [9.17, 15) is 0 Å². The molecule has 0 unspecified atom stereocenters. The highest BCUT2D eigenvalue weighted by atomic mass is 28.4. The Kier molecular flexibility index (Phi) is 3.19. The van der Waals surface area contributed by atoms with Gasteiger partial charge in [0.15, 0.2) is 0 Å². The number of nitrogens with zero attached hydrogens (tertiary/aromatic N) is 1. The number of hydrogen-bond donors (Lipinski definition) is 0. The van der Waals surface area contributed by atoms with Crippen molar-refractivity contribution >= 4 is 19.1 Å². The van der Waals surface area contributed by atoms with Crippen molar-refractivity contribution in [3.05, 3.63) is 36.7 Å². The summed E-state index contributed by atoms with van der Waals surface area (Å²) in [6.45, 7) is 11.3. The monoisotopic (exact) mass is 259 g/mol. The Labute approximate surface area is 110 Å². The predicted octanol–water partition coefficient (Wildman–Crippen LogP) is 4.62. The number of aromatic nitrogens is 1. The molecular weight excluding hydrogens is 238 g/mol. The lowest BCUT2D eigenvalue weighted by atomic mass is 10.2. The van der Waals surface area contributed by atoms with E-state index in [1.54, 1.807) is 0 Å². The Balaban J connectivity index is 2.33. The van der Waals surface area contributed by atoms with E-state index in [4.69, 9.17) is 4.43 Å². The fourth-order valence-electron chi connectivity index (χ4n) is 1.57. The minimum atomic E-state index is -1.75. The molecule has 3 heteroatoms. The van der Waals surface area contributed by atoms with Gasteiger partial charge in [-0.25, -0.2) is 0 Å². The van der Waals surface area contributed by atoms with Crippen LogP contribution in [0.5, 0.6) is 5.75 Å². The third-order valence-corrected chi connectivity index (χ3v) is 8.15. The van der Waals surface area contributed by atoms with E-state index in [-0.39, 0.29) is 5.04 Å². The van der Waals surface area contributed by atoms with Crippen LogP contribution in [0.15, 0.2) is 36.7 Å². The first-order valence-electron chi connectivity index (χ1n) is 6.32. The summed E-state index contributed by atoms with van der Waals surface area (Å²) in [5.41, 5.74) is 0. The lowest BCUT2D eigenvalue weighted by Gasteiger charge is -2.36. The normalized spacial score (nSPS) is 12.7. The van der Waals surface area contributed by atoms with E-state index < -0.39 is 8.32 Å². The van der Waals surface area contributed by atoms with E-state index in [0.717, 1.165) is 11.1 Å². The van der Waals surface area contributed by atoms with Gasteiger partial charge in [-0.05, 0) is 47.8 Å². The van der Waals surface area contributed by atoms with Crippen LogP contribution < -0.4 is 4.43 Å². The zero-order valence-electron chi connectivity index (χ0n) is 11.8. The average molecular weight is 259 g/mol. The van der Waals surface area contributed by atoms with Gasteiger partial charge in [0.1, 0.15) is 5.75 Å². The molecule has 0 saturated heterocycles. The maximum Gasteiger partial charge on any atom is 0.250 e. The number of hydrogen-bond acceptors (Lipinski definition) is 2. The number of benzene rings is 1. The summed E-state index contributed by atoms with van der Waals surface area (Å²) in [7, 11) is -1.75. The molecule has 0 fully saturated rings. The highest BCUT2D eigenvalue weighted by molar-refractivity contribution is 6.74. The van der Waals surface area contributed by atoms with Crippen LogP contribution >= 0.6 is 0 Å². The molecule has 0 N–H and O–H groups in total. The first-order chi connectivity index (χ1) is 8.29. The van der Waals surface area contributed by atoms with Crippen molar-refractivity contribution in [1.29, 1.82) is 0 Å². The molecule has 2 aromatic rings. The highest BCUT2D eigenvalue weighted by Gasteiger charge is 2.38. The minimum absolute atomic E-state index is 0.222. The quantitative estimate of drug-likeness (QED) is 0.734. The van der Waals surface area contributed by atoms with Gasteiger partial charge in [0.2, 0.25) is 8.32 Å². The molecule has 0 atom stereocenters. The summed E-state index contributed by atoms with van der Waals surface area (Å²) < 4.78 is 6.29. The number of rotatable bonds is 2. The molecular formula is C15H21NOSi. The Bertz CT molecular complexity index is 558. The molecule has 0 aliphatic heterocycles. The number of pyridine rings is 1. The van der Waals surface area contributed by atoms with Crippen LogP contribution in [-0.4, -0.2) is 13.3 Å². The van der Waals surface area contributed by atoms with Gasteiger partial charge in [-0.2, -0.15) is 0 Å². The fourth-order valence-corrected chi connectivity index (χ4v) is 2.60. The summed E-state index contributed by atoms with van der Waals surface area (Å²) in [4.78, 5) is 4.12. The van der Waals surface area contributed by atoms with Gasteiger partial charge in [0.25, 0.3) is 0 Å². The van der Waals surface area contributed by atoms with Crippen molar-refractivity contribution in [2.75, 3.05) is 0 Å². The van der Waals surface area contributed by atoms with E-state index in [1.807, 2.05) is 24.5 Å². The van der Waals surface area contributed by atoms with E-state index in [2.05, 4.69) is 51.0 Å². The molecule has 0 aliphatic carbocycles. The summed E-state index contributed by atoms with van der Waals surface area (Å²) in [6, 6.07) is 8.25. The number of fused-ring (bicyclic) bond motifs is 1. The van der Waals surface area contributed by atoms with Crippen molar-refractivity contribution in [2.24, 2.45) is 0 Å². The molecule has 0 radical (unpaired) electrons. The van der Waals surface area contributed by atoms with Gasteiger partial charge in [-0.1, -0.05) is 20.8 Å². The third kappa shape index (κ3) is 2.56. The molecule has 0 spiro atoms. The molecule has 1 heterocycles. The Morgan fingerprint density at radius 3 is 2.44 bits per heavy atom. The topological polar surface area (TPSA) is 22.1 Å². The van der Waals surface area contributed by atoms with Gasteiger partial charge < -0.3 is 4.43 Å². The van der Waals surface area contributed by atoms with Gasteiger partial charge >= 0.3 is 0 Å². The molecule has 2 nitrogen and oxygen atoms in total. The molecule has 0 aliphatic rings. The molecule has 96 valence electrons. The average Bonchev–Trinajstić information content (AvgIpc) is 2.27. The summed E-state index contributed by atoms with van der Waals surface area (Å²) in [5, 5.41) is 2.56. The molecule has 2 rings (SSSR count). The first kappa shape index (κ1) is 13.1. The van der Waals surface area contributed by atoms with Gasteiger partial charge in [-0.15, -0.1) is 0 Å². The van der Waals surface area contributed by atoms with Gasteiger partial charge in [0.05, 0.1) is 0 Å². The van der Waals surface area contributed by atoms with Crippen LogP contribution in [0.3, 0.4) is 0 Å². The molecule has 1 aromatic heterocycles. The molecule has 0 amide bonds. The standard InChI is InChI=1S/C15H21NOSi/c1-15(2,3)18(4,5)17-14-7-6-13-11-16-9-8-12(13)10-14/h6-11H,1-5H3. The molecule has 1 aromatic carbocycles. The van der Waals surface area contributed by atoms with E-state index >= 15 is 0 Å².